The summed E-state index contributed by atoms with van der Waals surface area (Å²) in [5.41, 5.74) is 10.1. The van der Waals surface area contributed by atoms with E-state index in [9.17, 15) is 9.59 Å². The fourth-order valence-electron chi connectivity index (χ4n) is 3.94. The highest BCUT2D eigenvalue weighted by atomic mass is 16.2. The van der Waals surface area contributed by atoms with Gasteiger partial charge in [0, 0.05) is 51.4 Å². The van der Waals surface area contributed by atoms with Gasteiger partial charge in [-0.1, -0.05) is 29.5 Å². The summed E-state index contributed by atoms with van der Waals surface area (Å²) in [6.07, 6.45) is 6.57. The number of rotatable bonds is 14. The Morgan fingerprint density at radius 2 is 1.50 bits per heavy atom. The van der Waals surface area contributed by atoms with E-state index < -0.39 is 0 Å². The van der Waals surface area contributed by atoms with Crippen molar-refractivity contribution in [3.05, 3.63) is 102 Å². The van der Waals surface area contributed by atoms with Crippen molar-refractivity contribution in [3.63, 3.8) is 0 Å². The third-order valence-electron chi connectivity index (χ3n) is 5.95. The van der Waals surface area contributed by atoms with Gasteiger partial charge in [0.1, 0.15) is 5.78 Å². The SMILES string of the molecule is NCC(=O)CCC(=O)NCCc1ccc(-n2cc(CN(Cc3ccccn3)Cc3ccccn3)nn2)cc1. The molecular formula is C28H32N8O2. The molecule has 3 aromatic heterocycles. The van der Waals surface area contributed by atoms with Crippen molar-refractivity contribution in [3.8, 4) is 5.69 Å². The molecule has 0 atom stereocenters. The van der Waals surface area contributed by atoms with Gasteiger partial charge in [0.25, 0.3) is 0 Å². The van der Waals surface area contributed by atoms with Crippen LogP contribution in [0.15, 0.2) is 79.3 Å². The lowest BCUT2D eigenvalue weighted by atomic mass is 10.1. The van der Waals surface area contributed by atoms with Crippen LogP contribution < -0.4 is 11.1 Å². The Bertz CT molecular complexity index is 1250. The van der Waals surface area contributed by atoms with E-state index in [4.69, 9.17) is 5.73 Å². The number of nitrogens with two attached hydrogens (primary N) is 1. The average Bonchev–Trinajstić information content (AvgIpc) is 3.41. The average molecular weight is 513 g/mol. The van der Waals surface area contributed by atoms with Gasteiger partial charge in [-0.25, -0.2) is 4.68 Å². The van der Waals surface area contributed by atoms with Crippen LogP contribution in [-0.4, -0.2) is 54.6 Å². The fraction of sp³-hybridized carbons (Fsp3) is 0.286. The maximum atomic E-state index is 11.8. The number of nitrogens with zero attached hydrogens (tertiary/aromatic N) is 6. The summed E-state index contributed by atoms with van der Waals surface area (Å²) in [6.45, 7) is 2.41. The van der Waals surface area contributed by atoms with Crippen LogP contribution in [0.1, 0.15) is 35.5 Å². The van der Waals surface area contributed by atoms with E-state index in [-0.39, 0.29) is 31.1 Å². The fourth-order valence-corrected chi connectivity index (χ4v) is 3.94. The first-order chi connectivity index (χ1) is 18.6. The van der Waals surface area contributed by atoms with E-state index in [1.807, 2.05) is 66.9 Å². The standard InChI is InChI=1S/C28H32N8O2/c29-17-27(37)11-12-28(38)32-16-13-22-7-9-26(10-8-22)36-21-25(33-34-36)20-35(18-23-5-1-3-14-30-23)19-24-6-2-4-15-31-24/h1-10,14-15,21H,11-13,16-20,29H2,(H,32,38). The normalized spacial score (nSPS) is 11.0. The van der Waals surface area contributed by atoms with E-state index in [1.165, 1.54) is 0 Å². The highest BCUT2D eigenvalue weighted by molar-refractivity contribution is 5.85. The number of ketones is 1. The van der Waals surface area contributed by atoms with Crippen molar-refractivity contribution < 1.29 is 9.59 Å². The van der Waals surface area contributed by atoms with Gasteiger partial charge < -0.3 is 11.1 Å². The van der Waals surface area contributed by atoms with E-state index in [2.05, 4.69) is 30.5 Å². The number of nitrogens with one attached hydrogen (secondary N) is 1. The van der Waals surface area contributed by atoms with Crippen molar-refractivity contribution in [2.75, 3.05) is 13.1 Å². The van der Waals surface area contributed by atoms with Crippen molar-refractivity contribution >= 4 is 11.7 Å². The zero-order chi connectivity index (χ0) is 26.6. The highest BCUT2D eigenvalue weighted by Gasteiger charge is 2.13. The topological polar surface area (TPSA) is 132 Å². The second-order valence-electron chi connectivity index (χ2n) is 8.95. The number of amides is 1. The van der Waals surface area contributed by atoms with Crippen LogP contribution in [0.5, 0.6) is 0 Å². The molecule has 3 heterocycles. The molecule has 0 unspecified atom stereocenters. The molecule has 0 saturated heterocycles. The van der Waals surface area contributed by atoms with Crippen LogP contribution in [0.4, 0.5) is 0 Å². The van der Waals surface area contributed by atoms with E-state index in [1.54, 1.807) is 17.1 Å². The first-order valence-corrected chi connectivity index (χ1v) is 12.6. The van der Waals surface area contributed by atoms with Crippen molar-refractivity contribution in [1.82, 2.24) is 35.2 Å². The van der Waals surface area contributed by atoms with Crippen molar-refractivity contribution in [2.45, 2.75) is 38.9 Å². The molecule has 0 bridgehead atoms. The summed E-state index contributed by atoms with van der Waals surface area (Å²) < 4.78 is 1.76. The van der Waals surface area contributed by atoms with Crippen LogP contribution in [0, 0.1) is 0 Å². The van der Waals surface area contributed by atoms with Crippen LogP contribution in [0.2, 0.25) is 0 Å². The number of carbonyl (C=O) groups excluding carboxylic acids is 2. The van der Waals surface area contributed by atoms with Crippen molar-refractivity contribution in [2.24, 2.45) is 5.73 Å². The molecule has 0 spiro atoms. The number of Topliss-reactive ketones (excluding diaryl/α,β-unsaturated/α-hetero) is 1. The number of pyridine rings is 2. The van der Waals surface area contributed by atoms with Gasteiger partial charge in [0.15, 0.2) is 0 Å². The Morgan fingerprint density at radius 1 is 0.842 bits per heavy atom. The van der Waals surface area contributed by atoms with Crippen LogP contribution in [0.3, 0.4) is 0 Å². The number of hydrogen-bond acceptors (Lipinski definition) is 8. The lowest BCUT2D eigenvalue weighted by Gasteiger charge is -2.20. The molecule has 0 aliphatic heterocycles. The summed E-state index contributed by atoms with van der Waals surface area (Å²) >= 11 is 0. The second-order valence-corrected chi connectivity index (χ2v) is 8.95. The van der Waals surface area contributed by atoms with E-state index >= 15 is 0 Å². The summed E-state index contributed by atoms with van der Waals surface area (Å²) in [5, 5.41) is 11.6. The molecule has 196 valence electrons. The smallest absolute Gasteiger partial charge is 0.220 e. The first kappa shape index (κ1) is 26.8. The molecule has 1 amide bonds. The van der Waals surface area contributed by atoms with E-state index in [0.717, 1.165) is 28.3 Å². The van der Waals surface area contributed by atoms with Gasteiger partial charge in [-0.05, 0) is 48.4 Å². The molecule has 38 heavy (non-hydrogen) atoms. The van der Waals surface area contributed by atoms with Crippen LogP contribution >= 0.6 is 0 Å². The third kappa shape index (κ3) is 8.39. The molecule has 3 N–H and O–H groups in total. The largest absolute Gasteiger partial charge is 0.356 e. The molecule has 4 rings (SSSR count). The maximum Gasteiger partial charge on any atom is 0.220 e. The zero-order valence-corrected chi connectivity index (χ0v) is 21.2. The number of hydrogen-bond donors (Lipinski definition) is 2. The minimum Gasteiger partial charge on any atom is -0.356 e. The lowest BCUT2D eigenvalue weighted by molar-refractivity contribution is -0.124. The Kier molecular flexibility index (Phi) is 9.77. The second kappa shape index (κ2) is 13.9. The number of carbonyl (C=O) groups is 2. The zero-order valence-electron chi connectivity index (χ0n) is 21.2. The minimum absolute atomic E-state index is 0.0263. The molecule has 10 nitrogen and oxygen atoms in total. The molecule has 0 aliphatic rings. The monoisotopic (exact) mass is 512 g/mol. The molecule has 0 fully saturated rings. The molecular weight excluding hydrogens is 480 g/mol. The number of aromatic nitrogens is 5. The molecule has 10 heteroatoms. The molecule has 0 radical (unpaired) electrons. The number of benzene rings is 1. The Balaban J connectivity index is 1.33. The van der Waals surface area contributed by atoms with Crippen molar-refractivity contribution in [1.29, 1.82) is 0 Å². The quantitative estimate of drug-likeness (QED) is 0.263. The Hall–Kier alpha value is -4.28. The minimum atomic E-state index is -0.140. The molecule has 4 aromatic rings. The van der Waals surface area contributed by atoms with Gasteiger partial charge >= 0.3 is 0 Å². The van der Waals surface area contributed by atoms with E-state index in [0.29, 0.717) is 32.6 Å². The van der Waals surface area contributed by atoms with Gasteiger partial charge in [0.05, 0.1) is 35.5 Å². The summed E-state index contributed by atoms with van der Waals surface area (Å²) in [5.74, 6) is -0.250. The summed E-state index contributed by atoms with van der Waals surface area (Å²) in [6, 6.07) is 19.8. The Morgan fingerprint density at radius 3 is 2.11 bits per heavy atom. The van der Waals surface area contributed by atoms with Crippen LogP contribution in [-0.2, 0) is 35.6 Å². The maximum absolute atomic E-state index is 11.8. The molecule has 0 saturated carbocycles. The molecule has 0 aliphatic carbocycles. The van der Waals surface area contributed by atoms with Gasteiger partial charge in [-0.15, -0.1) is 5.10 Å². The van der Waals surface area contributed by atoms with Gasteiger partial charge in [-0.3, -0.25) is 24.5 Å². The lowest BCUT2D eigenvalue weighted by Crippen LogP contribution is -2.26. The van der Waals surface area contributed by atoms with Gasteiger partial charge in [0.2, 0.25) is 5.91 Å². The first-order valence-electron chi connectivity index (χ1n) is 12.6. The van der Waals surface area contributed by atoms with Crippen LogP contribution in [0.25, 0.3) is 5.69 Å². The predicted octanol–water partition coefficient (Wildman–Crippen LogP) is 2.23. The third-order valence-corrected chi connectivity index (χ3v) is 5.95. The predicted molar refractivity (Wildman–Crippen MR) is 143 cm³/mol. The van der Waals surface area contributed by atoms with Gasteiger partial charge in [-0.2, -0.15) is 0 Å². The summed E-state index contributed by atoms with van der Waals surface area (Å²) in [7, 11) is 0. The highest BCUT2D eigenvalue weighted by Crippen LogP contribution is 2.13. The Labute approximate surface area is 221 Å². The molecule has 1 aromatic carbocycles. The summed E-state index contributed by atoms with van der Waals surface area (Å²) in [4.78, 5) is 34.3.